The number of aryl methyl sites for hydroxylation is 1. The predicted octanol–water partition coefficient (Wildman–Crippen LogP) is 3.76. The number of carbonyl (C=O) groups excluding carboxylic acids is 1. The van der Waals surface area contributed by atoms with E-state index < -0.39 is 0 Å². The van der Waals surface area contributed by atoms with Gasteiger partial charge in [0, 0.05) is 16.6 Å². The summed E-state index contributed by atoms with van der Waals surface area (Å²) in [5, 5.41) is 8.27. The van der Waals surface area contributed by atoms with Gasteiger partial charge >= 0.3 is 0 Å². The van der Waals surface area contributed by atoms with Crippen LogP contribution in [0.15, 0.2) is 59.7 Å². The number of rotatable bonds is 5. The Morgan fingerprint density at radius 1 is 1.20 bits per heavy atom. The van der Waals surface area contributed by atoms with Crippen molar-refractivity contribution in [3.05, 3.63) is 70.9 Å². The van der Waals surface area contributed by atoms with E-state index in [1.165, 1.54) is 6.21 Å². The second-order valence-electron chi connectivity index (χ2n) is 5.58. The second kappa shape index (κ2) is 7.77. The normalized spacial score (nSPS) is 11.0. The second-order valence-corrected chi connectivity index (χ2v) is 5.94. The SMILES string of the molecule is Cc1ccc2cc(/C=N\NC(=O)CNc3ccccc3)c(Cl)nc2c1. The van der Waals surface area contributed by atoms with Crippen LogP contribution in [0.25, 0.3) is 10.9 Å². The molecule has 0 spiro atoms. The van der Waals surface area contributed by atoms with E-state index in [0.717, 1.165) is 22.2 Å². The third-order valence-corrected chi connectivity index (χ3v) is 3.88. The first-order valence-electron chi connectivity index (χ1n) is 7.79. The molecule has 0 fully saturated rings. The number of hydrogen-bond donors (Lipinski definition) is 2. The monoisotopic (exact) mass is 352 g/mol. The summed E-state index contributed by atoms with van der Waals surface area (Å²) in [6.45, 7) is 2.13. The molecule has 5 nitrogen and oxygen atoms in total. The molecule has 6 heteroatoms. The molecule has 25 heavy (non-hydrogen) atoms. The average molecular weight is 353 g/mol. The van der Waals surface area contributed by atoms with Crippen LogP contribution in [-0.2, 0) is 4.79 Å². The van der Waals surface area contributed by atoms with Crippen molar-refractivity contribution in [1.82, 2.24) is 10.4 Å². The largest absolute Gasteiger partial charge is 0.376 e. The van der Waals surface area contributed by atoms with E-state index in [4.69, 9.17) is 11.6 Å². The average Bonchev–Trinajstić information content (AvgIpc) is 2.61. The highest BCUT2D eigenvalue weighted by molar-refractivity contribution is 6.32. The summed E-state index contributed by atoms with van der Waals surface area (Å²) in [6.07, 6.45) is 1.50. The van der Waals surface area contributed by atoms with Crippen LogP contribution >= 0.6 is 11.6 Å². The smallest absolute Gasteiger partial charge is 0.259 e. The van der Waals surface area contributed by atoms with Crippen molar-refractivity contribution < 1.29 is 4.79 Å². The van der Waals surface area contributed by atoms with Gasteiger partial charge in [-0.15, -0.1) is 0 Å². The van der Waals surface area contributed by atoms with Crippen molar-refractivity contribution in [1.29, 1.82) is 0 Å². The maximum atomic E-state index is 11.8. The molecule has 0 atom stereocenters. The minimum atomic E-state index is -0.249. The van der Waals surface area contributed by atoms with E-state index in [1.807, 2.05) is 61.5 Å². The lowest BCUT2D eigenvalue weighted by Gasteiger charge is -2.05. The van der Waals surface area contributed by atoms with Gasteiger partial charge in [-0.1, -0.05) is 41.9 Å². The Morgan fingerprint density at radius 2 is 2.00 bits per heavy atom. The molecule has 0 aliphatic heterocycles. The number of hydrogen-bond acceptors (Lipinski definition) is 4. The molecule has 1 aromatic heterocycles. The van der Waals surface area contributed by atoms with Crippen molar-refractivity contribution >= 4 is 40.3 Å². The summed E-state index contributed by atoms with van der Waals surface area (Å²) in [5.74, 6) is -0.249. The van der Waals surface area contributed by atoms with Gasteiger partial charge < -0.3 is 5.32 Å². The van der Waals surface area contributed by atoms with Gasteiger partial charge in [-0.05, 0) is 36.8 Å². The van der Waals surface area contributed by atoms with Crippen LogP contribution in [0.4, 0.5) is 5.69 Å². The highest BCUT2D eigenvalue weighted by Crippen LogP contribution is 2.20. The minimum Gasteiger partial charge on any atom is -0.376 e. The Morgan fingerprint density at radius 3 is 2.80 bits per heavy atom. The fourth-order valence-corrected chi connectivity index (χ4v) is 2.51. The van der Waals surface area contributed by atoms with Crippen LogP contribution in [0.2, 0.25) is 5.15 Å². The van der Waals surface area contributed by atoms with Crippen LogP contribution in [0, 0.1) is 6.92 Å². The number of nitrogens with one attached hydrogen (secondary N) is 2. The molecule has 2 N–H and O–H groups in total. The van der Waals surface area contributed by atoms with Crippen LogP contribution in [0.3, 0.4) is 0 Å². The van der Waals surface area contributed by atoms with Gasteiger partial charge in [0.15, 0.2) is 0 Å². The highest BCUT2D eigenvalue weighted by Gasteiger charge is 2.04. The van der Waals surface area contributed by atoms with Gasteiger partial charge in [0.25, 0.3) is 5.91 Å². The summed E-state index contributed by atoms with van der Waals surface area (Å²) in [4.78, 5) is 16.2. The number of halogens is 1. The molecular formula is C19H17ClN4O. The number of aromatic nitrogens is 1. The number of amides is 1. The molecule has 0 saturated carbocycles. The Bertz CT molecular complexity index is 925. The van der Waals surface area contributed by atoms with Crippen LogP contribution in [0.1, 0.15) is 11.1 Å². The summed E-state index contributed by atoms with van der Waals surface area (Å²) < 4.78 is 0. The highest BCUT2D eigenvalue weighted by atomic mass is 35.5. The Balaban J connectivity index is 1.61. The van der Waals surface area contributed by atoms with Crippen molar-refractivity contribution in [3.8, 4) is 0 Å². The maximum Gasteiger partial charge on any atom is 0.259 e. The van der Waals surface area contributed by atoms with Gasteiger partial charge in [-0.3, -0.25) is 4.79 Å². The van der Waals surface area contributed by atoms with Crippen molar-refractivity contribution in [2.45, 2.75) is 6.92 Å². The first kappa shape index (κ1) is 16.9. The molecule has 3 rings (SSSR count). The zero-order chi connectivity index (χ0) is 17.6. The van der Waals surface area contributed by atoms with E-state index in [9.17, 15) is 4.79 Å². The topological polar surface area (TPSA) is 66.4 Å². The quantitative estimate of drug-likeness (QED) is 0.417. The number of fused-ring (bicyclic) bond motifs is 1. The van der Waals surface area contributed by atoms with E-state index in [1.54, 1.807) is 0 Å². The molecule has 1 amide bonds. The Kier molecular flexibility index (Phi) is 5.26. The van der Waals surface area contributed by atoms with Gasteiger partial charge in [0.1, 0.15) is 5.15 Å². The summed E-state index contributed by atoms with van der Waals surface area (Å²) in [7, 11) is 0. The third kappa shape index (κ3) is 4.55. The fraction of sp³-hybridized carbons (Fsp3) is 0.105. The molecule has 2 aromatic carbocycles. The van der Waals surface area contributed by atoms with Gasteiger partial charge in [0.05, 0.1) is 18.3 Å². The number of pyridine rings is 1. The molecule has 3 aromatic rings. The first-order chi connectivity index (χ1) is 12.1. The lowest BCUT2D eigenvalue weighted by atomic mass is 10.1. The third-order valence-electron chi connectivity index (χ3n) is 3.57. The molecule has 126 valence electrons. The zero-order valence-corrected chi connectivity index (χ0v) is 14.4. The van der Waals surface area contributed by atoms with Crippen LogP contribution in [-0.4, -0.2) is 23.7 Å². The van der Waals surface area contributed by atoms with E-state index in [0.29, 0.717) is 10.7 Å². The molecule has 0 aliphatic carbocycles. The zero-order valence-electron chi connectivity index (χ0n) is 13.7. The van der Waals surface area contributed by atoms with E-state index >= 15 is 0 Å². The lowest BCUT2D eigenvalue weighted by Crippen LogP contribution is -2.25. The van der Waals surface area contributed by atoms with Crippen LogP contribution < -0.4 is 10.7 Å². The summed E-state index contributed by atoms with van der Waals surface area (Å²) in [6, 6.07) is 17.3. The van der Waals surface area contributed by atoms with Gasteiger partial charge in [-0.2, -0.15) is 5.10 Å². The van der Waals surface area contributed by atoms with Crippen molar-refractivity contribution in [2.75, 3.05) is 11.9 Å². The molecular weight excluding hydrogens is 336 g/mol. The molecule has 0 radical (unpaired) electrons. The number of para-hydroxylation sites is 1. The molecule has 1 heterocycles. The summed E-state index contributed by atoms with van der Waals surface area (Å²) in [5.41, 5.74) is 5.94. The molecule has 0 unspecified atom stereocenters. The van der Waals surface area contributed by atoms with E-state index in [2.05, 4.69) is 20.8 Å². The predicted molar refractivity (Wildman–Crippen MR) is 102 cm³/mol. The Labute approximate surface area is 150 Å². The number of anilines is 1. The fourth-order valence-electron chi connectivity index (χ4n) is 2.31. The van der Waals surface area contributed by atoms with Crippen LogP contribution in [0.5, 0.6) is 0 Å². The Hall–Kier alpha value is -2.92. The summed E-state index contributed by atoms with van der Waals surface area (Å²) >= 11 is 6.18. The first-order valence-corrected chi connectivity index (χ1v) is 8.17. The van der Waals surface area contributed by atoms with E-state index in [-0.39, 0.29) is 12.5 Å². The molecule has 0 aliphatic rings. The maximum absolute atomic E-state index is 11.8. The minimum absolute atomic E-state index is 0.129. The number of benzene rings is 2. The van der Waals surface area contributed by atoms with Gasteiger partial charge in [0.2, 0.25) is 0 Å². The van der Waals surface area contributed by atoms with Crippen molar-refractivity contribution in [2.24, 2.45) is 5.10 Å². The molecule has 0 bridgehead atoms. The van der Waals surface area contributed by atoms with Crippen molar-refractivity contribution in [3.63, 3.8) is 0 Å². The number of hydrazone groups is 1. The van der Waals surface area contributed by atoms with Gasteiger partial charge in [-0.25, -0.2) is 10.4 Å². The standard InChI is InChI=1S/C19H17ClN4O/c1-13-7-8-14-10-15(19(20)23-17(14)9-13)11-22-24-18(25)12-21-16-5-3-2-4-6-16/h2-11,21H,12H2,1H3,(H,24,25)/b22-11-. The number of carbonyl (C=O) groups is 1. The number of nitrogens with zero attached hydrogens (tertiary/aromatic N) is 2. The lowest BCUT2D eigenvalue weighted by molar-refractivity contribution is -0.119. The molecule has 0 saturated heterocycles.